The van der Waals surface area contributed by atoms with Gasteiger partial charge in [0.2, 0.25) is 5.89 Å². The number of benzene rings is 3. The molecule has 0 radical (unpaired) electrons. The van der Waals surface area contributed by atoms with Crippen molar-refractivity contribution in [2.24, 2.45) is 0 Å². The Bertz CT molecular complexity index is 2390. The number of imidazole rings is 1. The highest BCUT2D eigenvalue weighted by molar-refractivity contribution is 6.32. The van der Waals surface area contributed by atoms with Crippen molar-refractivity contribution in [1.29, 1.82) is 0 Å². The van der Waals surface area contributed by atoms with Gasteiger partial charge in [0.25, 0.3) is 5.91 Å². The first-order valence-electron chi connectivity index (χ1n) is 16.3. The standard InChI is InChI=1S/C37H29Cl2N9O2/c38-23-10-8-21(9-11-23)32-25-17-24(39)18-27-28(25)29(33-30(42-19-48(32)33)20-5-2-1-3-6-20)31(43-27)35(49)44-26-7-4-14-41-34(26)47-15-12-22(13-16-47)36-45-46-37(40)50-36/h1-11,14,17-19,22,32,43H,12-13,15-16H2,(H2,40,46)(H,44,49)/t32-/m1/s1. The topological polar surface area (TPSA) is 144 Å². The number of nitrogens with zero attached hydrogens (tertiary/aromatic N) is 6. The number of H-pyrrole nitrogens is 1. The van der Waals surface area contributed by atoms with E-state index < -0.39 is 0 Å². The van der Waals surface area contributed by atoms with Gasteiger partial charge in [-0.15, -0.1) is 5.10 Å². The van der Waals surface area contributed by atoms with E-state index in [-0.39, 0.29) is 23.9 Å². The van der Waals surface area contributed by atoms with Gasteiger partial charge in [-0.1, -0.05) is 70.8 Å². The summed E-state index contributed by atoms with van der Waals surface area (Å²) in [7, 11) is 0. The van der Waals surface area contributed by atoms with E-state index >= 15 is 0 Å². The number of nitrogen functional groups attached to an aromatic ring is 1. The second-order valence-corrected chi connectivity index (χ2v) is 13.4. The molecule has 0 saturated carbocycles. The lowest BCUT2D eigenvalue weighted by molar-refractivity contribution is 0.102. The van der Waals surface area contributed by atoms with Crippen LogP contribution in [0.4, 0.5) is 17.5 Å². The molecule has 7 aromatic rings. The van der Waals surface area contributed by atoms with E-state index in [4.69, 9.17) is 43.3 Å². The van der Waals surface area contributed by atoms with Crippen LogP contribution in [0, 0.1) is 0 Å². The van der Waals surface area contributed by atoms with E-state index in [1.807, 2.05) is 85.2 Å². The molecule has 2 aliphatic heterocycles. The molecule has 11 nitrogen and oxygen atoms in total. The number of anilines is 3. The summed E-state index contributed by atoms with van der Waals surface area (Å²) >= 11 is 13.1. The summed E-state index contributed by atoms with van der Waals surface area (Å²) in [6.07, 6.45) is 5.13. The number of piperidine rings is 1. The molecule has 50 heavy (non-hydrogen) atoms. The van der Waals surface area contributed by atoms with Crippen LogP contribution < -0.4 is 16.0 Å². The van der Waals surface area contributed by atoms with Crippen molar-refractivity contribution in [3.8, 4) is 22.5 Å². The number of carbonyl (C=O) groups excluding carboxylic acids is 1. The fourth-order valence-corrected chi connectivity index (χ4v) is 7.73. The molecular formula is C37H29Cl2N9O2. The minimum Gasteiger partial charge on any atom is -0.408 e. The molecule has 13 heteroatoms. The first-order valence-corrected chi connectivity index (χ1v) is 17.0. The smallest absolute Gasteiger partial charge is 0.312 e. The number of aromatic amines is 1. The second-order valence-electron chi connectivity index (χ2n) is 12.5. The zero-order valence-electron chi connectivity index (χ0n) is 26.5. The van der Waals surface area contributed by atoms with Crippen LogP contribution in [-0.4, -0.2) is 48.7 Å². The zero-order valence-corrected chi connectivity index (χ0v) is 28.0. The zero-order chi connectivity index (χ0) is 33.9. The number of amides is 1. The SMILES string of the molecule is Nc1nnc(C2CCN(c3ncccc3NC(=O)c3[nH]c4cc(Cl)cc5c4c3-c3c(-c4ccccc4)ncn3[C@@H]5c3ccc(Cl)cc3)CC2)o1. The maximum Gasteiger partial charge on any atom is 0.312 e. The van der Waals surface area contributed by atoms with E-state index in [1.54, 1.807) is 6.20 Å². The van der Waals surface area contributed by atoms with E-state index in [2.05, 4.69) is 30.0 Å². The Morgan fingerprint density at radius 3 is 2.50 bits per heavy atom. The molecule has 0 unspecified atom stereocenters. The molecule has 2 aliphatic rings. The number of carbonyl (C=O) groups is 1. The number of pyridine rings is 1. The van der Waals surface area contributed by atoms with Crippen LogP contribution >= 0.6 is 23.2 Å². The fraction of sp³-hybridized carbons (Fsp3) is 0.162. The monoisotopic (exact) mass is 701 g/mol. The molecule has 3 aromatic carbocycles. The Hall–Kier alpha value is -5.65. The third kappa shape index (κ3) is 5.08. The van der Waals surface area contributed by atoms with Crippen LogP contribution in [0.25, 0.3) is 33.4 Å². The number of fused-ring (bicyclic) bond motifs is 2. The van der Waals surface area contributed by atoms with E-state index in [9.17, 15) is 4.79 Å². The maximum absolute atomic E-state index is 14.5. The molecule has 4 N–H and O–H groups in total. The summed E-state index contributed by atoms with van der Waals surface area (Å²) in [5, 5.41) is 13.2. The molecule has 9 rings (SSSR count). The highest BCUT2D eigenvalue weighted by Gasteiger charge is 2.36. The van der Waals surface area contributed by atoms with Crippen LogP contribution in [0.5, 0.6) is 0 Å². The Morgan fingerprint density at radius 2 is 1.74 bits per heavy atom. The minimum atomic E-state index is -0.305. The number of halogens is 2. The average molecular weight is 703 g/mol. The number of hydrogen-bond donors (Lipinski definition) is 3. The molecule has 248 valence electrons. The van der Waals surface area contributed by atoms with Gasteiger partial charge in [0.15, 0.2) is 5.82 Å². The first kappa shape index (κ1) is 30.4. The quantitative estimate of drug-likeness (QED) is 0.158. The van der Waals surface area contributed by atoms with Crippen molar-refractivity contribution in [2.45, 2.75) is 24.8 Å². The Kier molecular flexibility index (Phi) is 7.32. The van der Waals surface area contributed by atoms with Gasteiger partial charge < -0.3 is 29.9 Å². The van der Waals surface area contributed by atoms with E-state index in [0.717, 1.165) is 57.4 Å². The highest BCUT2D eigenvalue weighted by atomic mass is 35.5. The van der Waals surface area contributed by atoms with Crippen LogP contribution in [0.2, 0.25) is 10.0 Å². The van der Waals surface area contributed by atoms with Crippen molar-refractivity contribution in [2.75, 3.05) is 29.0 Å². The second kappa shape index (κ2) is 12.0. The van der Waals surface area contributed by atoms with Crippen molar-refractivity contribution in [3.05, 3.63) is 124 Å². The van der Waals surface area contributed by atoms with E-state index in [0.29, 0.717) is 46.2 Å². The number of aromatic nitrogens is 6. The van der Waals surface area contributed by atoms with Gasteiger partial charge in [0, 0.05) is 57.3 Å². The van der Waals surface area contributed by atoms with Gasteiger partial charge in [0.05, 0.1) is 29.4 Å². The molecule has 0 spiro atoms. The molecule has 1 atom stereocenters. The van der Waals surface area contributed by atoms with Gasteiger partial charge >= 0.3 is 6.01 Å². The number of nitrogens with one attached hydrogen (secondary N) is 2. The lowest BCUT2D eigenvalue weighted by Gasteiger charge is -2.32. The molecule has 1 fully saturated rings. The molecule has 1 amide bonds. The van der Waals surface area contributed by atoms with Crippen molar-refractivity contribution < 1.29 is 9.21 Å². The third-order valence-electron chi connectivity index (χ3n) is 9.59. The fourth-order valence-electron chi connectivity index (χ4n) is 7.38. The van der Waals surface area contributed by atoms with Crippen LogP contribution in [-0.2, 0) is 0 Å². The molecule has 0 aliphatic carbocycles. The molecule has 4 aromatic heterocycles. The lowest BCUT2D eigenvalue weighted by Crippen LogP contribution is -2.34. The normalized spacial score (nSPS) is 15.7. The summed E-state index contributed by atoms with van der Waals surface area (Å²) in [5.74, 6) is 1.05. The average Bonchev–Trinajstić information content (AvgIpc) is 3.87. The number of nitrogens with two attached hydrogens (primary N) is 1. The van der Waals surface area contributed by atoms with Gasteiger partial charge in [0.1, 0.15) is 5.69 Å². The van der Waals surface area contributed by atoms with Crippen LogP contribution in [0.15, 0.2) is 95.8 Å². The molecule has 1 saturated heterocycles. The molecule has 0 bridgehead atoms. The molecular weight excluding hydrogens is 673 g/mol. The van der Waals surface area contributed by atoms with Crippen molar-refractivity contribution >= 4 is 57.5 Å². The minimum absolute atomic E-state index is 0.0713. The summed E-state index contributed by atoms with van der Waals surface area (Å²) in [4.78, 5) is 29.8. The summed E-state index contributed by atoms with van der Waals surface area (Å²) < 4.78 is 7.62. The largest absolute Gasteiger partial charge is 0.408 e. The third-order valence-corrected chi connectivity index (χ3v) is 10.1. The van der Waals surface area contributed by atoms with Gasteiger partial charge in [-0.3, -0.25) is 4.79 Å². The maximum atomic E-state index is 14.5. The Labute approximate surface area is 296 Å². The number of rotatable bonds is 6. The Morgan fingerprint density at radius 1 is 0.940 bits per heavy atom. The van der Waals surface area contributed by atoms with Gasteiger partial charge in [-0.05, 0) is 60.4 Å². The number of hydrogen-bond acceptors (Lipinski definition) is 8. The van der Waals surface area contributed by atoms with Crippen molar-refractivity contribution in [1.82, 2.24) is 29.7 Å². The van der Waals surface area contributed by atoms with Gasteiger partial charge in [-0.25, -0.2) is 9.97 Å². The Balaban J connectivity index is 1.13. The lowest BCUT2D eigenvalue weighted by atomic mass is 9.88. The first-order chi connectivity index (χ1) is 24.4. The van der Waals surface area contributed by atoms with E-state index in [1.165, 1.54) is 0 Å². The van der Waals surface area contributed by atoms with Crippen molar-refractivity contribution in [3.63, 3.8) is 0 Å². The predicted octanol–water partition coefficient (Wildman–Crippen LogP) is 7.95. The summed E-state index contributed by atoms with van der Waals surface area (Å²) in [6, 6.07) is 25.1. The summed E-state index contributed by atoms with van der Waals surface area (Å²) in [6.45, 7) is 1.38. The van der Waals surface area contributed by atoms with Crippen LogP contribution in [0.1, 0.15) is 52.3 Å². The highest BCUT2D eigenvalue weighted by Crippen LogP contribution is 2.50. The van der Waals surface area contributed by atoms with Crippen LogP contribution in [0.3, 0.4) is 0 Å². The molecule has 6 heterocycles. The van der Waals surface area contributed by atoms with Gasteiger partial charge in [-0.2, -0.15) is 0 Å². The predicted molar refractivity (Wildman–Crippen MR) is 194 cm³/mol. The summed E-state index contributed by atoms with van der Waals surface area (Å²) in [5.41, 5.74) is 12.7.